The summed E-state index contributed by atoms with van der Waals surface area (Å²) in [6, 6.07) is 19.8. The Hall–Kier alpha value is -4.31. The van der Waals surface area contributed by atoms with Gasteiger partial charge < -0.3 is 20.8 Å². The number of aromatic nitrogens is 4. The summed E-state index contributed by atoms with van der Waals surface area (Å²) < 4.78 is 37.4. The average Bonchev–Trinajstić information content (AvgIpc) is 3.49. The topological polar surface area (TPSA) is 162 Å². The van der Waals surface area contributed by atoms with Crippen LogP contribution in [0.25, 0.3) is 0 Å². The maximum absolute atomic E-state index is 12.6. The van der Waals surface area contributed by atoms with Crippen molar-refractivity contribution in [1.82, 2.24) is 25.7 Å². The largest absolute Gasteiger partial charge is 0.414 e. The van der Waals surface area contributed by atoms with Gasteiger partial charge in [0.1, 0.15) is 11.2 Å². The van der Waals surface area contributed by atoms with E-state index in [1.165, 1.54) is 11.3 Å². The van der Waals surface area contributed by atoms with Crippen LogP contribution in [0.4, 0.5) is 24.1 Å². The van der Waals surface area contributed by atoms with Crippen LogP contribution in [-0.2, 0) is 35.4 Å². The van der Waals surface area contributed by atoms with Crippen molar-refractivity contribution in [1.29, 1.82) is 0 Å². The molecule has 15 heteroatoms. The molecule has 250 valence electrons. The van der Waals surface area contributed by atoms with Gasteiger partial charge in [0.2, 0.25) is 16.9 Å². The summed E-state index contributed by atoms with van der Waals surface area (Å²) in [7, 11) is 0. The van der Waals surface area contributed by atoms with Gasteiger partial charge >= 0.3 is 6.18 Å². The van der Waals surface area contributed by atoms with Gasteiger partial charge in [-0.15, -0.1) is 15.3 Å². The highest BCUT2D eigenvalue weighted by molar-refractivity contribution is 7.15. The first kappa shape index (κ1) is 35.5. The lowest BCUT2D eigenvalue weighted by molar-refractivity contribution is -0.212. The van der Waals surface area contributed by atoms with Crippen LogP contribution in [-0.4, -0.2) is 60.9 Å². The van der Waals surface area contributed by atoms with Crippen LogP contribution in [0.1, 0.15) is 59.5 Å². The first-order valence-electron chi connectivity index (χ1n) is 15.0. The van der Waals surface area contributed by atoms with E-state index in [4.69, 9.17) is 5.11 Å². The first-order valence-corrected chi connectivity index (χ1v) is 15.8. The minimum atomic E-state index is -4.81. The molecule has 11 nitrogen and oxygen atoms in total. The van der Waals surface area contributed by atoms with E-state index in [0.717, 1.165) is 29.1 Å². The SMILES string of the molecule is CC(C(=O)Nc1nnc(CCCCc2ccc(NC(=O)Cc3cccc(CNC(O)CC(O)C(F)(F)F)c3)nn2)s1)c1ccccc1. The lowest BCUT2D eigenvalue weighted by Crippen LogP contribution is -2.38. The standard InChI is InChI=1S/C32H36F3N7O4S/c1-20(23-10-3-2-4-11-23)30(46)38-31-42-41-29(47-31)13-6-5-12-24-14-15-26(40-39-24)37-28(45)17-21-8-7-9-22(16-21)19-36-27(44)18-25(43)32(33,34)35/h2-4,7-11,14-16,20,25,27,36,43-44H,5-6,12-13,17-19H2,1H3,(H,37,40,45)(H,38,42,46). The van der Waals surface area contributed by atoms with Gasteiger partial charge in [0.15, 0.2) is 11.9 Å². The lowest BCUT2D eigenvalue weighted by Gasteiger charge is -2.19. The Morgan fingerprint density at radius 1 is 0.872 bits per heavy atom. The fraction of sp³-hybridized carbons (Fsp3) is 0.375. The number of rotatable bonds is 16. The summed E-state index contributed by atoms with van der Waals surface area (Å²) >= 11 is 1.36. The Balaban J connectivity index is 1.14. The summed E-state index contributed by atoms with van der Waals surface area (Å²) in [4.78, 5) is 25.1. The molecule has 0 aliphatic heterocycles. The van der Waals surface area contributed by atoms with Gasteiger partial charge in [0.25, 0.3) is 0 Å². The summed E-state index contributed by atoms with van der Waals surface area (Å²) in [5.41, 5.74) is 3.00. The molecule has 2 heterocycles. The molecule has 0 saturated heterocycles. The Morgan fingerprint density at radius 2 is 1.62 bits per heavy atom. The molecular formula is C32H36F3N7O4S. The number of amides is 2. The quantitative estimate of drug-likeness (QED) is 0.0851. The third-order valence-electron chi connectivity index (χ3n) is 7.17. The molecule has 2 amide bonds. The molecule has 2 aromatic heterocycles. The molecule has 0 aliphatic rings. The number of carbonyl (C=O) groups excluding carboxylic acids is 2. The molecule has 0 saturated carbocycles. The van der Waals surface area contributed by atoms with Crippen LogP contribution in [0, 0.1) is 0 Å². The molecule has 3 atom stereocenters. The van der Waals surface area contributed by atoms with E-state index in [9.17, 15) is 27.9 Å². The number of aliphatic hydroxyl groups is 2. The van der Waals surface area contributed by atoms with Crippen molar-refractivity contribution in [2.75, 3.05) is 10.6 Å². The molecule has 0 aliphatic carbocycles. The number of nitrogens with zero attached hydrogens (tertiary/aromatic N) is 4. The maximum atomic E-state index is 12.6. The van der Waals surface area contributed by atoms with Gasteiger partial charge in [-0.25, -0.2) is 0 Å². The van der Waals surface area contributed by atoms with Crippen LogP contribution in [0.3, 0.4) is 0 Å². The number of aliphatic hydroxyl groups excluding tert-OH is 2. The van der Waals surface area contributed by atoms with Crippen LogP contribution >= 0.6 is 11.3 Å². The summed E-state index contributed by atoms with van der Waals surface area (Å²) in [5, 5.41) is 44.8. The molecular weight excluding hydrogens is 635 g/mol. The number of carbonyl (C=O) groups is 2. The van der Waals surface area contributed by atoms with E-state index in [1.807, 2.05) is 37.3 Å². The fourth-order valence-electron chi connectivity index (χ4n) is 4.54. The Morgan fingerprint density at radius 3 is 2.34 bits per heavy atom. The van der Waals surface area contributed by atoms with Crippen molar-refractivity contribution in [3.05, 3.63) is 94.1 Å². The molecule has 47 heavy (non-hydrogen) atoms. The minimum absolute atomic E-state index is 0.0235. The van der Waals surface area contributed by atoms with E-state index >= 15 is 0 Å². The molecule has 4 rings (SSSR count). The first-order chi connectivity index (χ1) is 22.5. The molecule has 0 fully saturated rings. The summed E-state index contributed by atoms with van der Waals surface area (Å²) in [6.45, 7) is 1.89. The molecule has 0 radical (unpaired) electrons. The number of unbranched alkanes of at least 4 members (excludes halogenated alkanes) is 1. The van der Waals surface area contributed by atoms with E-state index in [1.54, 1.807) is 36.4 Å². The van der Waals surface area contributed by atoms with Crippen LogP contribution in [0.5, 0.6) is 0 Å². The van der Waals surface area contributed by atoms with Crippen molar-refractivity contribution >= 4 is 34.1 Å². The maximum Gasteiger partial charge on any atom is 0.414 e. The highest BCUT2D eigenvalue weighted by atomic mass is 32.1. The summed E-state index contributed by atoms with van der Waals surface area (Å²) in [6.07, 6.45) is -6.80. The zero-order valence-electron chi connectivity index (χ0n) is 25.6. The zero-order chi connectivity index (χ0) is 33.8. The van der Waals surface area contributed by atoms with Crippen molar-refractivity contribution < 1.29 is 33.0 Å². The van der Waals surface area contributed by atoms with Crippen molar-refractivity contribution in [3.8, 4) is 0 Å². The number of halogens is 3. The number of anilines is 2. The Bertz CT molecular complexity index is 1590. The second-order valence-corrected chi connectivity index (χ2v) is 12.0. The zero-order valence-corrected chi connectivity index (χ0v) is 26.4. The molecule has 5 N–H and O–H groups in total. The highest BCUT2D eigenvalue weighted by Gasteiger charge is 2.39. The highest BCUT2D eigenvalue weighted by Crippen LogP contribution is 2.23. The number of nitrogens with one attached hydrogen (secondary N) is 3. The Labute approximate surface area is 273 Å². The second-order valence-electron chi connectivity index (χ2n) is 11.0. The average molecular weight is 672 g/mol. The van der Waals surface area contributed by atoms with E-state index < -0.39 is 24.9 Å². The van der Waals surface area contributed by atoms with Crippen molar-refractivity contribution in [2.45, 2.75) is 76.4 Å². The third-order valence-corrected chi connectivity index (χ3v) is 8.07. The van der Waals surface area contributed by atoms with Crippen molar-refractivity contribution in [2.24, 2.45) is 0 Å². The van der Waals surface area contributed by atoms with E-state index in [0.29, 0.717) is 34.9 Å². The summed E-state index contributed by atoms with van der Waals surface area (Å²) in [5.74, 6) is -0.469. The second kappa shape index (κ2) is 17.0. The van der Waals surface area contributed by atoms with Gasteiger partial charge in [-0.2, -0.15) is 18.3 Å². The number of hydrogen-bond donors (Lipinski definition) is 5. The predicted molar refractivity (Wildman–Crippen MR) is 170 cm³/mol. The molecule has 4 aromatic rings. The van der Waals surface area contributed by atoms with Gasteiger partial charge in [0.05, 0.1) is 18.0 Å². The van der Waals surface area contributed by atoms with E-state index in [-0.39, 0.29) is 30.7 Å². The van der Waals surface area contributed by atoms with Crippen LogP contribution in [0.2, 0.25) is 0 Å². The molecule has 0 bridgehead atoms. The number of hydrogen-bond acceptors (Lipinski definition) is 10. The monoisotopic (exact) mass is 671 g/mol. The third kappa shape index (κ3) is 11.8. The molecule has 0 spiro atoms. The van der Waals surface area contributed by atoms with Gasteiger partial charge in [-0.1, -0.05) is 65.9 Å². The normalized spacial score (nSPS) is 13.5. The lowest BCUT2D eigenvalue weighted by atomic mass is 10.0. The van der Waals surface area contributed by atoms with E-state index in [2.05, 4.69) is 36.3 Å². The number of alkyl halides is 3. The smallest absolute Gasteiger partial charge is 0.384 e. The van der Waals surface area contributed by atoms with Crippen LogP contribution in [0.15, 0.2) is 66.7 Å². The predicted octanol–water partition coefficient (Wildman–Crippen LogP) is 4.54. The number of benzene rings is 2. The number of aryl methyl sites for hydroxylation is 2. The Kier molecular flexibility index (Phi) is 12.9. The van der Waals surface area contributed by atoms with Crippen LogP contribution < -0.4 is 16.0 Å². The fourth-order valence-corrected chi connectivity index (χ4v) is 5.32. The van der Waals surface area contributed by atoms with Crippen molar-refractivity contribution in [3.63, 3.8) is 0 Å². The van der Waals surface area contributed by atoms with Gasteiger partial charge in [-0.3, -0.25) is 14.9 Å². The molecule has 3 unspecified atom stereocenters. The molecule has 2 aromatic carbocycles. The van der Waals surface area contributed by atoms with Gasteiger partial charge in [0, 0.05) is 19.4 Å². The minimum Gasteiger partial charge on any atom is -0.384 e. The van der Waals surface area contributed by atoms with Gasteiger partial charge in [-0.05, 0) is 55.0 Å².